The maximum atomic E-state index is 11.2. The van der Waals surface area contributed by atoms with Crippen molar-refractivity contribution in [2.24, 2.45) is 0 Å². The van der Waals surface area contributed by atoms with E-state index in [1.807, 2.05) is 19.9 Å². The summed E-state index contributed by atoms with van der Waals surface area (Å²) in [6.45, 7) is 10.1. The zero-order chi connectivity index (χ0) is 12.5. The molecule has 0 radical (unpaired) electrons. The number of aryl methyl sites for hydroxylation is 2. The van der Waals surface area contributed by atoms with Gasteiger partial charge in [0.1, 0.15) is 0 Å². The molecule has 1 rings (SSSR count). The zero-order valence-electron chi connectivity index (χ0n) is 10.7. The highest BCUT2D eigenvalue weighted by Gasteiger charge is 2.18. The summed E-state index contributed by atoms with van der Waals surface area (Å²) in [5.41, 5.74) is 4.66. The topological polar surface area (TPSA) is 37.3 Å². The normalized spacial score (nSPS) is 12.6. The van der Waals surface area contributed by atoms with Crippen molar-refractivity contribution in [2.45, 2.75) is 47.0 Å². The second-order valence-corrected chi connectivity index (χ2v) is 4.54. The van der Waals surface area contributed by atoms with Crippen LogP contribution in [0, 0.1) is 20.8 Å². The number of benzene rings is 1. The van der Waals surface area contributed by atoms with Crippen LogP contribution >= 0.6 is 0 Å². The van der Waals surface area contributed by atoms with Gasteiger partial charge in [-0.15, -0.1) is 0 Å². The van der Waals surface area contributed by atoms with Gasteiger partial charge in [0.05, 0.1) is 5.56 Å². The smallest absolute Gasteiger partial charge is 0.336 e. The van der Waals surface area contributed by atoms with E-state index < -0.39 is 5.97 Å². The molecular formula is C14H20O2. The predicted octanol–water partition coefficient (Wildman–Crippen LogP) is 3.82. The molecule has 0 heterocycles. The molecule has 0 fully saturated rings. The fraction of sp³-hybridized carbons (Fsp3) is 0.500. The maximum absolute atomic E-state index is 11.2. The maximum Gasteiger partial charge on any atom is 0.336 e. The third kappa shape index (κ3) is 2.11. The van der Waals surface area contributed by atoms with Crippen molar-refractivity contribution < 1.29 is 9.90 Å². The van der Waals surface area contributed by atoms with Crippen molar-refractivity contribution in [3.63, 3.8) is 0 Å². The van der Waals surface area contributed by atoms with E-state index in [-0.39, 0.29) is 0 Å². The molecule has 1 aromatic rings. The van der Waals surface area contributed by atoms with E-state index in [1.54, 1.807) is 0 Å². The molecule has 0 saturated heterocycles. The lowest BCUT2D eigenvalue weighted by atomic mass is 9.86. The molecule has 0 spiro atoms. The SMILES string of the molecule is CCC(C)c1c(C)cc(C)c(C(=O)O)c1C. The lowest BCUT2D eigenvalue weighted by molar-refractivity contribution is 0.0695. The molecule has 1 aromatic carbocycles. The summed E-state index contributed by atoms with van der Waals surface area (Å²) in [6.07, 6.45) is 1.03. The van der Waals surface area contributed by atoms with E-state index in [4.69, 9.17) is 0 Å². The highest BCUT2D eigenvalue weighted by Crippen LogP contribution is 2.30. The monoisotopic (exact) mass is 220 g/mol. The van der Waals surface area contributed by atoms with Gasteiger partial charge in [0.15, 0.2) is 0 Å². The number of aromatic carboxylic acids is 1. The lowest BCUT2D eigenvalue weighted by Gasteiger charge is -2.19. The molecule has 0 aliphatic rings. The molecule has 0 aliphatic heterocycles. The predicted molar refractivity (Wildman–Crippen MR) is 66.3 cm³/mol. The van der Waals surface area contributed by atoms with Crippen LogP contribution in [0.4, 0.5) is 0 Å². The van der Waals surface area contributed by atoms with Gasteiger partial charge in [0, 0.05) is 0 Å². The Morgan fingerprint density at radius 2 is 1.88 bits per heavy atom. The molecule has 0 amide bonds. The molecule has 2 heteroatoms. The van der Waals surface area contributed by atoms with Crippen molar-refractivity contribution in [1.29, 1.82) is 0 Å². The van der Waals surface area contributed by atoms with Crippen molar-refractivity contribution in [3.8, 4) is 0 Å². The average Bonchev–Trinajstić information content (AvgIpc) is 2.15. The molecule has 0 saturated carbocycles. The van der Waals surface area contributed by atoms with E-state index in [1.165, 1.54) is 11.1 Å². The van der Waals surface area contributed by atoms with Gasteiger partial charge in [-0.05, 0) is 55.4 Å². The largest absolute Gasteiger partial charge is 0.478 e. The Morgan fingerprint density at radius 3 is 2.31 bits per heavy atom. The van der Waals surface area contributed by atoms with Crippen LogP contribution in [-0.4, -0.2) is 11.1 Å². The first-order chi connectivity index (χ1) is 7.40. The first-order valence-electron chi connectivity index (χ1n) is 5.74. The number of hydrogen-bond acceptors (Lipinski definition) is 1. The molecule has 1 unspecified atom stereocenters. The second kappa shape index (κ2) is 4.69. The second-order valence-electron chi connectivity index (χ2n) is 4.54. The highest BCUT2D eigenvalue weighted by atomic mass is 16.4. The summed E-state index contributed by atoms with van der Waals surface area (Å²) < 4.78 is 0. The minimum Gasteiger partial charge on any atom is -0.478 e. The molecule has 0 aliphatic carbocycles. The number of carboxylic acids is 1. The molecular weight excluding hydrogens is 200 g/mol. The average molecular weight is 220 g/mol. The Morgan fingerprint density at radius 1 is 1.31 bits per heavy atom. The van der Waals surface area contributed by atoms with Crippen LogP contribution in [0.2, 0.25) is 0 Å². The van der Waals surface area contributed by atoms with Gasteiger partial charge in [-0.1, -0.05) is 19.9 Å². The van der Waals surface area contributed by atoms with Crippen LogP contribution in [0.3, 0.4) is 0 Å². The van der Waals surface area contributed by atoms with Gasteiger partial charge in [-0.2, -0.15) is 0 Å². The van der Waals surface area contributed by atoms with Crippen LogP contribution in [0.25, 0.3) is 0 Å². The third-order valence-electron chi connectivity index (χ3n) is 3.35. The summed E-state index contributed by atoms with van der Waals surface area (Å²) in [5, 5.41) is 9.22. The Balaban J connectivity index is 3.51. The summed E-state index contributed by atoms with van der Waals surface area (Å²) in [4.78, 5) is 11.2. The van der Waals surface area contributed by atoms with Gasteiger partial charge in [-0.25, -0.2) is 4.79 Å². The molecule has 16 heavy (non-hydrogen) atoms. The molecule has 0 aromatic heterocycles. The van der Waals surface area contributed by atoms with E-state index in [0.717, 1.165) is 17.5 Å². The fourth-order valence-corrected chi connectivity index (χ4v) is 2.49. The summed E-state index contributed by atoms with van der Waals surface area (Å²) in [5.74, 6) is -0.404. The lowest BCUT2D eigenvalue weighted by Crippen LogP contribution is -2.09. The van der Waals surface area contributed by atoms with Crippen LogP contribution < -0.4 is 0 Å². The van der Waals surface area contributed by atoms with Crippen LogP contribution in [0.1, 0.15) is 58.8 Å². The van der Waals surface area contributed by atoms with Crippen molar-refractivity contribution >= 4 is 5.97 Å². The standard InChI is InChI=1S/C14H20O2/c1-6-8(2)12-9(3)7-10(4)13(11(12)5)14(15)16/h7-8H,6H2,1-5H3,(H,15,16). The van der Waals surface area contributed by atoms with E-state index >= 15 is 0 Å². The Bertz CT molecular complexity index is 419. The first-order valence-corrected chi connectivity index (χ1v) is 5.74. The highest BCUT2D eigenvalue weighted by molar-refractivity contribution is 5.91. The summed E-state index contributed by atoms with van der Waals surface area (Å²) in [6, 6.07) is 1.98. The summed E-state index contributed by atoms with van der Waals surface area (Å²) in [7, 11) is 0. The minimum absolute atomic E-state index is 0.415. The number of carbonyl (C=O) groups is 1. The van der Waals surface area contributed by atoms with Crippen molar-refractivity contribution in [1.82, 2.24) is 0 Å². The van der Waals surface area contributed by atoms with Gasteiger partial charge >= 0.3 is 5.97 Å². The van der Waals surface area contributed by atoms with Gasteiger partial charge < -0.3 is 5.11 Å². The van der Waals surface area contributed by atoms with Crippen molar-refractivity contribution in [2.75, 3.05) is 0 Å². The van der Waals surface area contributed by atoms with Gasteiger partial charge in [0.2, 0.25) is 0 Å². The number of hydrogen-bond donors (Lipinski definition) is 1. The molecule has 1 atom stereocenters. The Kier molecular flexibility index (Phi) is 3.74. The quantitative estimate of drug-likeness (QED) is 0.840. The van der Waals surface area contributed by atoms with Crippen LogP contribution in [0.5, 0.6) is 0 Å². The fourth-order valence-electron chi connectivity index (χ4n) is 2.49. The molecule has 1 N–H and O–H groups in total. The Labute approximate surface area is 97.3 Å². The van der Waals surface area contributed by atoms with Crippen molar-refractivity contribution in [3.05, 3.63) is 33.9 Å². The molecule has 88 valence electrons. The zero-order valence-corrected chi connectivity index (χ0v) is 10.7. The van der Waals surface area contributed by atoms with Crippen LogP contribution in [0.15, 0.2) is 6.07 Å². The first kappa shape index (κ1) is 12.8. The van der Waals surface area contributed by atoms with Gasteiger partial charge in [-0.3, -0.25) is 0 Å². The van der Waals surface area contributed by atoms with E-state index in [9.17, 15) is 9.90 Å². The minimum atomic E-state index is -0.820. The molecule has 0 bridgehead atoms. The number of carboxylic acid groups (broad SMARTS) is 1. The van der Waals surface area contributed by atoms with E-state index in [0.29, 0.717) is 11.5 Å². The van der Waals surface area contributed by atoms with Crippen LogP contribution in [-0.2, 0) is 0 Å². The summed E-state index contributed by atoms with van der Waals surface area (Å²) >= 11 is 0. The van der Waals surface area contributed by atoms with Gasteiger partial charge in [0.25, 0.3) is 0 Å². The number of rotatable bonds is 3. The third-order valence-corrected chi connectivity index (χ3v) is 3.35. The Hall–Kier alpha value is -1.31. The van der Waals surface area contributed by atoms with E-state index in [2.05, 4.69) is 20.8 Å². The molecule has 2 nitrogen and oxygen atoms in total.